The molecule has 25 heavy (non-hydrogen) atoms. The second-order valence-corrected chi connectivity index (χ2v) is 6.12. The van der Waals surface area contributed by atoms with E-state index in [4.69, 9.17) is 4.74 Å². The highest BCUT2D eigenvalue weighted by atomic mass is 16.5. The molecule has 1 amide bonds. The lowest BCUT2D eigenvalue weighted by Crippen LogP contribution is -2.41. The Morgan fingerprint density at radius 2 is 1.80 bits per heavy atom. The van der Waals surface area contributed by atoms with E-state index in [2.05, 4.69) is 4.74 Å². The van der Waals surface area contributed by atoms with Crippen LogP contribution >= 0.6 is 0 Å². The highest BCUT2D eigenvalue weighted by Gasteiger charge is 2.20. The Bertz CT molecular complexity index is 721. The molecular weight excluding hydrogens is 318 g/mol. The van der Waals surface area contributed by atoms with Crippen LogP contribution in [0.5, 0.6) is 5.75 Å². The van der Waals surface area contributed by atoms with Gasteiger partial charge in [-0.1, -0.05) is 36.4 Å². The first-order valence-electron chi connectivity index (χ1n) is 8.49. The molecule has 2 aromatic carbocycles. The van der Waals surface area contributed by atoms with Crippen LogP contribution in [0.2, 0.25) is 0 Å². The standard InChI is InChI=1S/C20H25NO4/c1-15(2)21(14-20(23)24-3)19(22)12-7-13-25-18-11-6-9-16-8-4-5-10-17(16)18/h4-6,8-11,15H,7,12-14H2,1-3H3. The van der Waals surface area contributed by atoms with E-state index in [1.165, 1.54) is 12.0 Å². The summed E-state index contributed by atoms with van der Waals surface area (Å²) in [7, 11) is 1.32. The fraction of sp³-hybridized carbons (Fsp3) is 0.400. The van der Waals surface area contributed by atoms with E-state index >= 15 is 0 Å². The third-order valence-corrected chi connectivity index (χ3v) is 4.01. The summed E-state index contributed by atoms with van der Waals surface area (Å²) in [6, 6.07) is 13.9. The molecule has 0 aliphatic carbocycles. The van der Waals surface area contributed by atoms with Crippen molar-refractivity contribution < 1.29 is 19.1 Å². The van der Waals surface area contributed by atoms with E-state index in [1.54, 1.807) is 0 Å². The van der Waals surface area contributed by atoms with E-state index in [1.807, 2.05) is 56.3 Å². The number of carbonyl (C=O) groups is 2. The van der Waals surface area contributed by atoms with Gasteiger partial charge >= 0.3 is 5.97 Å². The average molecular weight is 343 g/mol. The minimum absolute atomic E-state index is 0.0167. The summed E-state index contributed by atoms with van der Waals surface area (Å²) in [6.07, 6.45) is 0.923. The molecule has 2 rings (SSSR count). The minimum atomic E-state index is -0.408. The summed E-state index contributed by atoms with van der Waals surface area (Å²) in [6.45, 7) is 4.20. The highest BCUT2D eigenvalue weighted by Crippen LogP contribution is 2.25. The van der Waals surface area contributed by atoms with E-state index in [-0.39, 0.29) is 18.5 Å². The van der Waals surface area contributed by atoms with Crippen molar-refractivity contribution in [2.45, 2.75) is 32.7 Å². The molecule has 0 fully saturated rings. The van der Waals surface area contributed by atoms with Gasteiger partial charge in [-0.2, -0.15) is 0 Å². The van der Waals surface area contributed by atoms with Gasteiger partial charge in [0.05, 0.1) is 13.7 Å². The lowest BCUT2D eigenvalue weighted by atomic mass is 10.1. The maximum atomic E-state index is 12.3. The number of rotatable bonds is 8. The Labute approximate surface area is 148 Å². The molecule has 0 bridgehead atoms. The van der Waals surface area contributed by atoms with Gasteiger partial charge in [-0.15, -0.1) is 0 Å². The first-order valence-corrected chi connectivity index (χ1v) is 8.49. The summed E-state index contributed by atoms with van der Waals surface area (Å²) in [5.41, 5.74) is 0. The molecule has 5 nitrogen and oxygen atoms in total. The lowest BCUT2D eigenvalue weighted by molar-refractivity contribution is -0.148. The first-order chi connectivity index (χ1) is 12.0. The van der Waals surface area contributed by atoms with Crippen LogP contribution in [0.3, 0.4) is 0 Å². The van der Waals surface area contributed by atoms with Gasteiger partial charge in [-0.25, -0.2) is 0 Å². The topological polar surface area (TPSA) is 55.8 Å². The van der Waals surface area contributed by atoms with Crippen molar-refractivity contribution in [2.75, 3.05) is 20.3 Å². The quantitative estimate of drug-likeness (QED) is 0.544. The van der Waals surface area contributed by atoms with Gasteiger partial charge in [-0.05, 0) is 31.7 Å². The van der Waals surface area contributed by atoms with Crippen molar-refractivity contribution in [2.24, 2.45) is 0 Å². The monoisotopic (exact) mass is 343 g/mol. The van der Waals surface area contributed by atoms with Gasteiger partial charge in [0.15, 0.2) is 0 Å². The van der Waals surface area contributed by atoms with E-state index in [0.29, 0.717) is 19.4 Å². The van der Waals surface area contributed by atoms with Crippen LogP contribution in [0.4, 0.5) is 0 Å². The van der Waals surface area contributed by atoms with Crippen molar-refractivity contribution in [3.8, 4) is 5.75 Å². The molecule has 0 saturated heterocycles. The molecule has 0 radical (unpaired) electrons. The SMILES string of the molecule is COC(=O)CN(C(=O)CCCOc1cccc2ccccc12)C(C)C. The molecule has 5 heteroatoms. The molecule has 0 aromatic heterocycles. The summed E-state index contributed by atoms with van der Waals surface area (Å²) < 4.78 is 10.5. The zero-order valence-electron chi connectivity index (χ0n) is 15.0. The Balaban J connectivity index is 1.87. The molecule has 0 aliphatic rings. The second kappa shape index (κ2) is 9.06. The van der Waals surface area contributed by atoms with Crippen LogP contribution in [0.25, 0.3) is 10.8 Å². The van der Waals surface area contributed by atoms with E-state index in [9.17, 15) is 9.59 Å². The predicted octanol–water partition coefficient (Wildman–Crippen LogP) is 3.41. The van der Waals surface area contributed by atoms with E-state index < -0.39 is 5.97 Å². The van der Waals surface area contributed by atoms with Gasteiger partial charge in [-0.3, -0.25) is 9.59 Å². The molecule has 0 spiro atoms. The molecule has 134 valence electrons. The smallest absolute Gasteiger partial charge is 0.325 e. The number of carbonyl (C=O) groups excluding carboxylic acids is 2. The van der Waals surface area contributed by atoms with Crippen LogP contribution in [-0.2, 0) is 14.3 Å². The molecule has 0 saturated carbocycles. The zero-order chi connectivity index (χ0) is 18.2. The second-order valence-electron chi connectivity index (χ2n) is 6.12. The van der Waals surface area contributed by atoms with Crippen LogP contribution in [0.1, 0.15) is 26.7 Å². The number of hydrogen-bond donors (Lipinski definition) is 0. The zero-order valence-corrected chi connectivity index (χ0v) is 15.0. The van der Waals surface area contributed by atoms with Crippen LogP contribution in [-0.4, -0.2) is 43.1 Å². The Kier molecular flexibility index (Phi) is 6.81. The number of methoxy groups -OCH3 is 1. The number of fused-ring (bicyclic) bond motifs is 1. The molecule has 0 aliphatic heterocycles. The predicted molar refractivity (Wildman–Crippen MR) is 97.5 cm³/mol. The number of benzene rings is 2. The largest absolute Gasteiger partial charge is 0.493 e. The Morgan fingerprint density at radius 1 is 1.08 bits per heavy atom. The van der Waals surface area contributed by atoms with E-state index in [0.717, 1.165) is 16.5 Å². The minimum Gasteiger partial charge on any atom is -0.493 e. The average Bonchev–Trinajstić information content (AvgIpc) is 2.62. The van der Waals surface area contributed by atoms with Crippen molar-refractivity contribution in [1.29, 1.82) is 0 Å². The lowest BCUT2D eigenvalue weighted by Gasteiger charge is -2.25. The van der Waals surface area contributed by atoms with Crippen LogP contribution in [0, 0.1) is 0 Å². The molecule has 0 heterocycles. The maximum absolute atomic E-state index is 12.3. The highest BCUT2D eigenvalue weighted by molar-refractivity contribution is 5.88. The number of ether oxygens (including phenoxy) is 2. The summed E-state index contributed by atoms with van der Waals surface area (Å²) in [5, 5.41) is 2.19. The first kappa shape index (κ1) is 18.8. The van der Waals surface area contributed by atoms with Gasteiger partial charge in [0.1, 0.15) is 12.3 Å². The number of esters is 1. The normalized spacial score (nSPS) is 10.7. The third kappa shape index (κ3) is 5.21. The third-order valence-electron chi connectivity index (χ3n) is 4.01. The van der Waals surface area contributed by atoms with Crippen molar-refractivity contribution in [1.82, 2.24) is 4.90 Å². The van der Waals surface area contributed by atoms with Crippen molar-refractivity contribution >= 4 is 22.6 Å². The fourth-order valence-electron chi connectivity index (χ4n) is 2.63. The Hall–Kier alpha value is -2.56. The molecule has 0 atom stereocenters. The fourth-order valence-corrected chi connectivity index (χ4v) is 2.63. The summed E-state index contributed by atoms with van der Waals surface area (Å²) >= 11 is 0. The molecule has 2 aromatic rings. The molecular formula is C20H25NO4. The van der Waals surface area contributed by atoms with Crippen LogP contribution in [0.15, 0.2) is 42.5 Å². The van der Waals surface area contributed by atoms with Gasteiger partial charge in [0.2, 0.25) is 5.91 Å². The van der Waals surface area contributed by atoms with Gasteiger partial charge in [0, 0.05) is 17.8 Å². The summed E-state index contributed by atoms with van der Waals surface area (Å²) in [4.78, 5) is 25.3. The molecule has 0 N–H and O–H groups in total. The Morgan fingerprint density at radius 3 is 2.52 bits per heavy atom. The van der Waals surface area contributed by atoms with Gasteiger partial charge in [0.25, 0.3) is 0 Å². The number of amides is 1. The van der Waals surface area contributed by atoms with Crippen LogP contribution < -0.4 is 4.74 Å². The van der Waals surface area contributed by atoms with Crippen molar-refractivity contribution in [3.63, 3.8) is 0 Å². The summed E-state index contributed by atoms with van der Waals surface area (Å²) in [5.74, 6) is 0.344. The number of nitrogens with zero attached hydrogens (tertiary/aromatic N) is 1. The number of hydrogen-bond acceptors (Lipinski definition) is 4. The van der Waals surface area contributed by atoms with Gasteiger partial charge < -0.3 is 14.4 Å². The maximum Gasteiger partial charge on any atom is 0.325 e. The molecule has 0 unspecified atom stereocenters. The van der Waals surface area contributed by atoms with Crippen molar-refractivity contribution in [3.05, 3.63) is 42.5 Å².